The van der Waals surface area contributed by atoms with Gasteiger partial charge in [0.15, 0.2) is 0 Å². The molecule has 1 amide bonds. The van der Waals surface area contributed by atoms with Gasteiger partial charge in [-0.05, 0) is 19.4 Å². The molecular formula is C12H15N5O3. The second-order valence-corrected chi connectivity index (χ2v) is 4.36. The van der Waals surface area contributed by atoms with Crippen LogP contribution in [0.2, 0.25) is 0 Å². The van der Waals surface area contributed by atoms with E-state index in [4.69, 9.17) is 5.11 Å². The van der Waals surface area contributed by atoms with E-state index in [2.05, 4.69) is 25.5 Å². The minimum Gasteiger partial charge on any atom is -0.477 e. The van der Waals surface area contributed by atoms with E-state index in [1.165, 1.54) is 0 Å². The van der Waals surface area contributed by atoms with Gasteiger partial charge in [-0.3, -0.25) is 9.89 Å². The number of aromatic amines is 2. The molecule has 0 aliphatic carbocycles. The molecule has 2 rings (SSSR count). The molecule has 0 aliphatic rings. The molecule has 8 heteroatoms. The fourth-order valence-electron chi connectivity index (χ4n) is 1.78. The number of H-pyrrole nitrogens is 2. The number of hydrogen-bond acceptors (Lipinski definition) is 4. The molecule has 106 valence electrons. The van der Waals surface area contributed by atoms with Crippen molar-refractivity contribution in [3.63, 3.8) is 0 Å². The van der Waals surface area contributed by atoms with E-state index in [0.29, 0.717) is 17.9 Å². The standard InChI is InChI=1S/C12H15N5O3/c1-3-4-8-15-10(17-16-8)11(18)14-7-5-6(2)13-9(7)12(19)20/h5,13H,3-4H2,1-2H3,(H,14,18)(H,19,20)(H,15,16,17). The first-order valence-electron chi connectivity index (χ1n) is 6.16. The van der Waals surface area contributed by atoms with Crippen molar-refractivity contribution in [2.45, 2.75) is 26.7 Å². The first kappa shape index (κ1) is 13.8. The van der Waals surface area contributed by atoms with Gasteiger partial charge in [-0.15, -0.1) is 5.10 Å². The van der Waals surface area contributed by atoms with Gasteiger partial charge in [-0.2, -0.15) is 0 Å². The van der Waals surface area contributed by atoms with Gasteiger partial charge in [0, 0.05) is 12.1 Å². The van der Waals surface area contributed by atoms with Crippen LogP contribution in [0.3, 0.4) is 0 Å². The fourth-order valence-corrected chi connectivity index (χ4v) is 1.78. The molecule has 0 unspecified atom stereocenters. The van der Waals surface area contributed by atoms with Crippen molar-refractivity contribution in [2.24, 2.45) is 0 Å². The number of nitrogens with zero attached hydrogens (tertiary/aromatic N) is 2. The summed E-state index contributed by atoms with van der Waals surface area (Å²) >= 11 is 0. The molecule has 0 radical (unpaired) electrons. The molecule has 0 fully saturated rings. The Bertz CT molecular complexity index is 643. The van der Waals surface area contributed by atoms with Crippen molar-refractivity contribution in [1.29, 1.82) is 0 Å². The first-order valence-corrected chi connectivity index (χ1v) is 6.16. The normalized spacial score (nSPS) is 10.5. The predicted octanol–water partition coefficient (Wildman–Crippen LogP) is 1.34. The van der Waals surface area contributed by atoms with Crippen LogP contribution in [0.1, 0.15) is 46.0 Å². The average Bonchev–Trinajstić information content (AvgIpc) is 2.97. The van der Waals surface area contributed by atoms with Crippen molar-refractivity contribution in [3.8, 4) is 0 Å². The number of hydrogen-bond donors (Lipinski definition) is 4. The highest BCUT2D eigenvalue weighted by atomic mass is 16.4. The Morgan fingerprint density at radius 3 is 2.85 bits per heavy atom. The average molecular weight is 277 g/mol. The SMILES string of the molecule is CCCc1nc(C(=O)Nc2cc(C)[nH]c2C(=O)O)n[nH]1. The van der Waals surface area contributed by atoms with Crippen LogP contribution < -0.4 is 5.32 Å². The highest BCUT2D eigenvalue weighted by molar-refractivity contribution is 6.05. The topological polar surface area (TPSA) is 124 Å². The summed E-state index contributed by atoms with van der Waals surface area (Å²) in [6.45, 7) is 3.69. The zero-order valence-corrected chi connectivity index (χ0v) is 11.1. The van der Waals surface area contributed by atoms with Gasteiger partial charge in [0.25, 0.3) is 5.91 Å². The Balaban J connectivity index is 2.16. The lowest BCUT2D eigenvalue weighted by Gasteiger charge is -2.00. The lowest BCUT2D eigenvalue weighted by molar-refractivity contribution is 0.0692. The van der Waals surface area contributed by atoms with Crippen molar-refractivity contribution in [1.82, 2.24) is 20.2 Å². The summed E-state index contributed by atoms with van der Waals surface area (Å²) < 4.78 is 0. The molecule has 2 heterocycles. The molecule has 0 aliphatic heterocycles. The maximum Gasteiger partial charge on any atom is 0.354 e. The number of carboxylic acid groups (broad SMARTS) is 1. The molecule has 20 heavy (non-hydrogen) atoms. The zero-order valence-electron chi connectivity index (χ0n) is 11.1. The van der Waals surface area contributed by atoms with Crippen LogP contribution in [0.5, 0.6) is 0 Å². The van der Waals surface area contributed by atoms with Crippen LogP contribution in [-0.4, -0.2) is 37.1 Å². The fraction of sp³-hybridized carbons (Fsp3) is 0.333. The van der Waals surface area contributed by atoms with E-state index in [9.17, 15) is 9.59 Å². The summed E-state index contributed by atoms with van der Waals surface area (Å²) in [6.07, 6.45) is 1.58. The lowest BCUT2D eigenvalue weighted by atomic mass is 10.3. The molecule has 2 aromatic heterocycles. The van der Waals surface area contributed by atoms with Crippen LogP contribution in [0, 0.1) is 6.92 Å². The Hall–Kier alpha value is -2.64. The highest BCUT2D eigenvalue weighted by Crippen LogP contribution is 2.17. The van der Waals surface area contributed by atoms with Crippen molar-refractivity contribution >= 4 is 17.6 Å². The van der Waals surface area contributed by atoms with Crippen molar-refractivity contribution < 1.29 is 14.7 Å². The number of aromatic nitrogens is 4. The molecule has 8 nitrogen and oxygen atoms in total. The van der Waals surface area contributed by atoms with Gasteiger partial charge in [0.05, 0.1) is 5.69 Å². The summed E-state index contributed by atoms with van der Waals surface area (Å²) in [4.78, 5) is 29.7. The number of nitrogens with one attached hydrogen (secondary N) is 3. The third kappa shape index (κ3) is 2.85. The molecule has 0 saturated heterocycles. The number of carbonyl (C=O) groups excluding carboxylic acids is 1. The maximum absolute atomic E-state index is 12.0. The second-order valence-electron chi connectivity index (χ2n) is 4.36. The zero-order chi connectivity index (χ0) is 14.7. The Kier molecular flexibility index (Phi) is 3.83. The van der Waals surface area contributed by atoms with E-state index in [1.54, 1.807) is 13.0 Å². The first-order chi connectivity index (χ1) is 9.51. The van der Waals surface area contributed by atoms with Gasteiger partial charge in [-0.1, -0.05) is 6.92 Å². The third-order valence-corrected chi connectivity index (χ3v) is 2.64. The number of rotatable bonds is 5. The highest BCUT2D eigenvalue weighted by Gasteiger charge is 2.18. The number of aryl methyl sites for hydroxylation is 2. The molecule has 0 aromatic carbocycles. The lowest BCUT2D eigenvalue weighted by Crippen LogP contribution is -2.15. The van der Waals surface area contributed by atoms with E-state index < -0.39 is 11.9 Å². The predicted molar refractivity (Wildman–Crippen MR) is 70.8 cm³/mol. The maximum atomic E-state index is 12.0. The molecular weight excluding hydrogens is 262 g/mol. The number of carbonyl (C=O) groups is 2. The van der Waals surface area contributed by atoms with E-state index >= 15 is 0 Å². The molecule has 0 saturated carbocycles. The van der Waals surface area contributed by atoms with Crippen LogP contribution in [0.4, 0.5) is 5.69 Å². The monoisotopic (exact) mass is 277 g/mol. The second kappa shape index (κ2) is 5.55. The molecule has 0 bridgehead atoms. The Morgan fingerprint density at radius 1 is 1.45 bits per heavy atom. The number of carboxylic acids is 1. The molecule has 2 aromatic rings. The van der Waals surface area contributed by atoms with Gasteiger partial charge >= 0.3 is 5.97 Å². The molecule has 0 atom stereocenters. The minimum absolute atomic E-state index is 0.0105. The number of aromatic carboxylic acids is 1. The molecule has 0 spiro atoms. The summed E-state index contributed by atoms with van der Waals surface area (Å²) in [5.74, 6) is -1.08. The van der Waals surface area contributed by atoms with E-state index in [1.807, 2.05) is 6.92 Å². The Labute approximate surface area is 114 Å². The third-order valence-electron chi connectivity index (χ3n) is 2.64. The van der Waals surface area contributed by atoms with Crippen molar-refractivity contribution in [2.75, 3.05) is 5.32 Å². The summed E-state index contributed by atoms with van der Waals surface area (Å²) in [5, 5.41) is 18.0. The number of anilines is 1. The van der Waals surface area contributed by atoms with Crippen molar-refractivity contribution in [3.05, 3.63) is 29.1 Å². The number of amides is 1. The van der Waals surface area contributed by atoms with Crippen LogP contribution >= 0.6 is 0 Å². The molecule has 4 N–H and O–H groups in total. The van der Waals surface area contributed by atoms with Gasteiger partial charge in [0.2, 0.25) is 5.82 Å². The summed E-state index contributed by atoms with van der Waals surface area (Å²) in [6, 6.07) is 1.54. The van der Waals surface area contributed by atoms with Gasteiger partial charge in [0.1, 0.15) is 11.5 Å². The van der Waals surface area contributed by atoms with Gasteiger partial charge < -0.3 is 15.4 Å². The van der Waals surface area contributed by atoms with E-state index in [0.717, 1.165) is 6.42 Å². The minimum atomic E-state index is -1.14. The Morgan fingerprint density at radius 2 is 2.20 bits per heavy atom. The smallest absolute Gasteiger partial charge is 0.354 e. The van der Waals surface area contributed by atoms with E-state index in [-0.39, 0.29) is 17.2 Å². The quantitative estimate of drug-likeness (QED) is 0.656. The van der Waals surface area contributed by atoms with Crippen LogP contribution in [0.25, 0.3) is 0 Å². The van der Waals surface area contributed by atoms with Crippen LogP contribution in [-0.2, 0) is 6.42 Å². The van der Waals surface area contributed by atoms with Gasteiger partial charge in [-0.25, -0.2) is 9.78 Å². The van der Waals surface area contributed by atoms with Crippen LogP contribution in [0.15, 0.2) is 6.07 Å². The summed E-state index contributed by atoms with van der Waals surface area (Å²) in [5.41, 5.74) is 0.765. The summed E-state index contributed by atoms with van der Waals surface area (Å²) in [7, 11) is 0. The largest absolute Gasteiger partial charge is 0.477 e.